The van der Waals surface area contributed by atoms with E-state index >= 15 is 0 Å². The molecule has 1 saturated heterocycles. The molecule has 0 N–H and O–H groups in total. The first-order valence-corrected chi connectivity index (χ1v) is 6.63. The third-order valence-electron chi connectivity index (χ3n) is 2.30. The van der Waals surface area contributed by atoms with Crippen molar-refractivity contribution in [1.82, 2.24) is 0 Å². The summed E-state index contributed by atoms with van der Waals surface area (Å²) in [7, 11) is -3.36. The minimum absolute atomic E-state index is 0.265. The molecule has 0 aromatic rings. The van der Waals surface area contributed by atoms with Gasteiger partial charge in [0.15, 0.2) is 0 Å². The van der Waals surface area contributed by atoms with Crippen LogP contribution in [-0.2, 0) is 23.1 Å². The molecular formula is C9H17O5P. The van der Waals surface area contributed by atoms with Crippen molar-refractivity contribution in [3.05, 3.63) is 0 Å². The van der Waals surface area contributed by atoms with Crippen molar-refractivity contribution >= 4 is 13.6 Å². The molecule has 15 heavy (non-hydrogen) atoms. The molecule has 1 unspecified atom stereocenters. The minimum atomic E-state index is -3.36. The lowest BCUT2D eigenvalue weighted by Crippen LogP contribution is -2.26. The quantitative estimate of drug-likeness (QED) is 0.541. The molecule has 1 aliphatic heterocycles. The van der Waals surface area contributed by atoms with Crippen LogP contribution < -0.4 is 0 Å². The van der Waals surface area contributed by atoms with Crippen molar-refractivity contribution in [3.63, 3.8) is 0 Å². The molecular weight excluding hydrogens is 219 g/mol. The monoisotopic (exact) mass is 236 g/mol. The normalized spacial score (nSPS) is 26.7. The van der Waals surface area contributed by atoms with Crippen LogP contribution in [-0.4, -0.2) is 24.5 Å². The molecule has 0 bridgehead atoms. The lowest BCUT2D eigenvalue weighted by Gasteiger charge is -2.30. The standard InChI is InChI=1S/C9H17O5P/c1-4-12-15(11,13-5-2)9(3)7-6-8(10)14-9/h4-7H2,1-3H3. The van der Waals surface area contributed by atoms with E-state index in [4.69, 9.17) is 13.8 Å². The van der Waals surface area contributed by atoms with Gasteiger partial charge in [-0.2, -0.15) is 0 Å². The first-order chi connectivity index (χ1) is 6.97. The molecule has 88 valence electrons. The van der Waals surface area contributed by atoms with Crippen molar-refractivity contribution in [2.75, 3.05) is 13.2 Å². The van der Waals surface area contributed by atoms with E-state index < -0.39 is 12.9 Å². The predicted molar refractivity (Wildman–Crippen MR) is 54.6 cm³/mol. The Morgan fingerprint density at radius 1 is 1.40 bits per heavy atom. The molecule has 6 heteroatoms. The van der Waals surface area contributed by atoms with Crippen molar-refractivity contribution in [2.45, 2.75) is 39.0 Å². The van der Waals surface area contributed by atoms with Gasteiger partial charge in [-0.1, -0.05) is 0 Å². The van der Waals surface area contributed by atoms with Gasteiger partial charge < -0.3 is 13.8 Å². The summed E-state index contributed by atoms with van der Waals surface area (Å²) in [5.41, 5.74) is 0. The lowest BCUT2D eigenvalue weighted by atomic mass is 10.2. The number of ether oxygens (including phenoxy) is 1. The third-order valence-corrected chi connectivity index (χ3v) is 4.97. The number of rotatable bonds is 5. The summed E-state index contributed by atoms with van der Waals surface area (Å²) >= 11 is 0. The Labute approximate surface area is 89.6 Å². The van der Waals surface area contributed by atoms with E-state index in [0.29, 0.717) is 6.42 Å². The zero-order valence-electron chi connectivity index (χ0n) is 9.32. The van der Waals surface area contributed by atoms with Crippen molar-refractivity contribution in [2.24, 2.45) is 0 Å². The zero-order chi connectivity index (χ0) is 11.5. The van der Waals surface area contributed by atoms with Crippen LogP contribution in [0.15, 0.2) is 0 Å². The number of cyclic esters (lactones) is 1. The third kappa shape index (κ3) is 2.41. The summed E-state index contributed by atoms with van der Waals surface area (Å²) in [6.07, 6.45) is 0.643. The Morgan fingerprint density at radius 3 is 2.27 bits per heavy atom. The maximum Gasteiger partial charge on any atom is 0.373 e. The Hall–Kier alpha value is -0.380. The zero-order valence-corrected chi connectivity index (χ0v) is 10.2. The van der Waals surface area contributed by atoms with Gasteiger partial charge in [0.05, 0.1) is 13.2 Å². The van der Waals surface area contributed by atoms with E-state index in [1.165, 1.54) is 0 Å². The van der Waals surface area contributed by atoms with Gasteiger partial charge in [0.25, 0.3) is 0 Å². The smallest absolute Gasteiger partial charge is 0.373 e. The van der Waals surface area contributed by atoms with Crippen LogP contribution in [0.3, 0.4) is 0 Å². The van der Waals surface area contributed by atoms with Crippen LogP contribution in [0.25, 0.3) is 0 Å². The highest BCUT2D eigenvalue weighted by Gasteiger charge is 2.53. The van der Waals surface area contributed by atoms with E-state index in [1.54, 1.807) is 20.8 Å². The molecule has 1 fully saturated rings. The fraction of sp³-hybridized carbons (Fsp3) is 0.889. The topological polar surface area (TPSA) is 61.8 Å². The van der Waals surface area contributed by atoms with Gasteiger partial charge in [-0.05, 0) is 20.8 Å². The number of hydrogen-bond donors (Lipinski definition) is 0. The van der Waals surface area contributed by atoms with E-state index in [-0.39, 0.29) is 25.6 Å². The van der Waals surface area contributed by atoms with Gasteiger partial charge in [-0.25, -0.2) is 0 Å². The molecule has 0 aliphatic carbocycles. The van der Waals surface area contributed by atoms with Crippen molar-refractivity contribution in [3.8, 4) is 0 Å². The van der Waals surface area contributed by atoms with Gasteiger partial charge in [0.2, 0.25) is 5.34 Å². The minimum Gasteiger partial charge on any atom is -0.446 e. The van der Waals surface area contributed by atoms with E-state index in [0.717, 1.165) is 0 Å². The van der Waals surface area contributed by atoms with Gasteiger partial charge in [0, 0.05) is 12.8 Å². The summed E-state index contributed by atoms with van der Waals surface area (Å²) in [5, 5.41) is -1.11. The molecule has 0 radical (unpaired) electrons. The summed E-state index contributed by atoms with van der Waals surface area (Å²) in [6.45, 7) is 5.59. The van der Waals surface area contributed by atoms with E-state index in [2.05, 4.69) is 0 Å². The molecule has 1 atom stereocenters. The first kappa shape index (κ1) is 12.7. The van der Waals surface area contributed by atoms with Crippen LogP contribution in [0.2, 0.25) is 0 Å². The van der Waals surface area contributed by atoms with Gasteiger partial charge in [-0.3, -0.25) is 9.36 Å². The molecule has 0 saturated carbocycles. The average Bonchev–Trinajstić information content (AvgIpc) is 2.49. The highest BCUT2D eigenvalue weighted by Crippen LogP contribution is 2.63. The predicted octanol–water partition coefficient (Wildman–Crippen LogP) is 2.31. The second-order valence-electron chi connectivity index (χ2n) is 3.48. The Balaban J connectivity index is 2.88. The molecule has 5 nitrogen and oxygen atoms in total. The highest BCUT2D eigenvalue weighted by molar-refractivity contribution is 7.55. The molecule has 0 amide bonds. The second-order valence-corrected chi connectivity index (χ2v) is 5.94. The van der Waals surface area contributed by atoms with Crippen LogP contribution in [0.5, 0.6) is 0 Å². The summed E-state index contributed by atoms with van der Waals surface area (Å²) in [5.74, 6) is -0.350. The number of carbonyl (C=O) groups excluding carboxylic acids is 1. The van der Waals surface area contributed by atoms with E-state index in [1.807, 2.05) is 0 Å². The molecule has 1 rings (SSSR count). The van der Waals surface area contributed by atoms with Gasteiger partial charge >= 0.3 is 13.6 Å². The van der Waals surface area contributed by atoms with Crippen LogP contribution in [0.1, 0.15) is 33.6 Å². The lowest BCUT2D eigenvalue weighted by molar-refractivity contribution is -0.143. The number of hydrogen-bond acceptors (Lipinski definition) is 5. The maximum atomic E-state index is 12.4. The largest absolute Gasteiger partial charge is 0.446 e. The van der Waals surface area contributed by atoms with Gasteiger partial charge in [-0.15, -0.1) is 0 Å². The highest BCUT2D eigenvalue weighted by atomic mass is 31.2. The number of esters is 1. The maximum absolute atomic E-state index is 12.4. The summed E-state index contributed by atoms with van der Waals surface area (Å²) in [6, 6.07) is 0. The first-order valence-electron chi connectivity index (χ1n) is 5.08. The SMILES string of the molecule is CCOP(=O)(OCC)C1(C)CCC(=O)O1. The van der Waals surface area contributed by atoms with E-state index in [9.17, 15) is 9.36 Å². The van der Waals surface area contributed by atoms with Crippen LogP contribution in [0.4, 0.5) is 0 Å². The number of carbonyl (C=O) groups is 1. The molecule has 1 heterocycles. The molecule has 0 aromatic carbocycles. The Bertz CT molecular complexity index is 280. The average molecular weight is 236 g/mol. The van der Waals surface area contributed by atoms with Crippen molar-refractivity contribution in [1.29, 1.82) is 0 Å². The fourth-order valence-corrected chi connectivity index (χ4v) is 3.42. The molecule has 1 aliphatic rings. The van der Waals surface area contributed by atoms with Crippen molar-refractivity contribution < 1.29 is 23.1 Å². The van der Waals surface area contributed by atoms with Gasteiger partial charge in [0.1, 0.15) is 0 Å². The summed E-state index contributed by atoms with van der Waals surface area (Å²) < 4.78 is 27.8. The Morgan fingerprint density at radius 2 is 1.93 bits per heavy atom. The second kappa shape index (κ2) is 4.64. The molecule has 0 spiro atoms. The molecule has 0 aromatic heterocycles. The Kier molecular flexibility index (Phi) is 3.93. The fourth-order valence-electron chi connectivity index (χ4n) is 1.52. The van der Waals surface area contributed by atoms with Crippen LogP contribution >= 0.6 is 7.60 Å². The van der Waals surface area contributed by atoms with Crippen LogP contribution in [0, 0.1) is 0 Å². The summed E-state index contributed by atoms with van der Waals surface area (Å²) in [4.78, 5) is 11.1.